The van der Waals surface area contributed by atoms with Gasteiger partial charge in [-0.2, -0.15) is 16.8 Å². The largest absolute Gasteiger partial charge is 0.507 e. The molecule has 25 heavy (non-hydrogen) atoms. The molecule has 136 valence electrons. The van der Waals surface area contributed by atoms with Crippen LogP contribution < -0.4 is 5.32 Å². The van der Waals surface area contributed by atoms with Crippen LogP contribution in [0, 0.1) is 0 Å². The third kappa shape index (κ3) is 4.02. The van der Waals surface area contributed by atoms with Crippen molar-refractivity contribution in [1.29, 1.82) is 0 Å². The average molecular weight is 410 g/mol. The summed E-state index contributed by atoms with van der Waals surface area (Å²) < 4.78 is 64.0. The van der Waals surface area contributed by atoms with Gasteiger partial charge in [-0.3, -0.25) is 13.9 Å². The van der Waals surface area contributed by atoms with Gasteiger partial charge >= 0.3 is 0 Å². The van der Waals surface area contributed by atoms with Crippen LogP contribution in [0.3, 0.4) is 0 Å². The van der Waals surface area contributed by atoms with Crippen LogP contribution in [0.15, 0.2) is 34.1 Å². The second-order valence-corrected chi connectivity index (χ2v) is 8.50. The summed E-state index contributed by atoms with van der Waals surface area (Å²) in [6.45, 7) is 1.38. The van der Waals surface area contributed by atoms with Gasteiger partial charge in [0.1, 0.15) is 16.0 Å². The number of fused-ring (bicyclic) bond motifs is 1. The Bertz CT molecular complexity index is 1080. The Morgan fingerprint density at radius 2 is 1.72 bits per heavy atom. The summed E-state index contributed by atoms with van der Waals surface area (Å²) in [5, 5.41) is 10.8. The van der Waals surface area contributed by atoms with Crippen molar-refractivity contribution in [1.82, 2.24) is 0 Å². The van der Waals surface area contributed by atoms with Crippen molar-refractivity contribution < 1.29 is 35.8 Å². The molecule has 0 aromatic heterocycles. The van der Waals surface area contributed by atoms with E-state index in [-0.39, 0.29) is 11.1 Å². The van der Waals surface area contributed by atoms with Gasteiger partial charge in [0.15, 0.2) is 0 Å². The number of hydrogen-bond donors (Lipinski definition) is 4. The van der Waals surface area contributed by atoms with E-state index < -0.39 is 52.4 Å². The Labute approximate surface area is 147 Å². The smallest absolute Gasteiger partial charge is 0.295 e. The second kappa shape index (κ2) is 6.42. The summed E-state index contributed by atoms with van der Waals surface area (Å²) in [6.07, 6.45) is 0. The molecular formula is C13H12ClNO8S2. The van der Waals surface area contributed by atoms with Gasteiger partial charge in [0, 0.05) is 16.8 Å². The maximum absolute atomic E-state index is 11.7. The van der Waals surface area contributed by atoms with Crippen molar-refractivity contribution in [2.24, 2.45) is 0 Å². The molecule has 0 radical (unpaired) electrons. The van der Waals surface area contributed by atoms with Gasteiger partial charge in [-0.25, -0.2) is 0 Å². The molecule has 0 aliphatic carbocycles. The quantitative estimate of drug-likeness (QED) is 0.437. The molecule has 12 heteroatoms. The van der Waals surface area contributed by atoms with Crippen LogP contribution >= 0.6 is 11.6 Å². The second-order valence-electron chi connectivity index (χ2n) is 5.03. The number of benzene rings is 2. The van der Waals surface area contributed by atoms with Crippen molar-refractivity contribution >= 4 is 54.2 Å². The number of halogens is 1. The van der Waals surface area contributed by atoms with Crippen LogP contribution in [0.1, 0.15) is 6.92 Å². The number of phenolic OH excluding ortho intramolecular Hbond substituents is 1. The fraction of sp³-hybridized carbons (Fsp3) is 0.154. The number of amides is 1. The number of rotatable bonds is 4. The van der Waals surface area contributed by atoms with Gasteiger partial charge in [-0.15, -0.1) is 11.6 Å². The zero-order chi connectivity index (χ0) is 19.2. The fourth-order valence-corrected chi connectivity index (χ4v) is 3.38. The summed E-state index contributed by atoms with van der Waals surface area (Å²) in [5.74, 6) is -1.41. The number of hydrogen-bond acceptors (Lipinski definition) is 6. The Kier molecular flexibility index (Phi) is 4.99. The summed E-state index contributed by atoms with van der Waals surface area (Å²) >= 11 is 5.64. The van der Waals surface area contributed by atoms with Gasteiger partial charge in [-0.1, -0.05) is 0 Å². The van der Waals surface area contributed by atoms with E-state index in [1.807, 2.05) is 0 Å². The third-order valence-electron chi connectivity index (χ3n) is 3.22. The summed E-state index contributed by atoms with van der Waals surface area (Å²) in [5.41, 5.74) is -0.0701. The van der Waals surface area contributed by atoms with Crippen LogP contribution in [-0.2, 0) is 25.0 Å². The lowest BCUT2D eigenvalue weighted by atomic mass is 10.1. The molecule has 0 saturated heterocycles. The molecule has 2 aromatic rings. The minimum atomic E-state index is -4.80. The Morgan fingerprint density at radius 3 is 2.20 bits per heavy atom. The minimum Gasteiger partial charge on any atom is -0.507 e. The highest BCUT2D eigenvalue weighted by Crippen LogP contribution is 2.38. The molecule has 0 saturated carbocycles. The standard InChI is InChI=1S/C13H12ClNO8S2/c1-6(14)13(17)15-9-2-3-11(25(21,22)23)8-4-7(24(18,19)20)5-10(16)12(8)9/h2-6,16H,1H3,(H,15,17)(H,18,19,20)(H,21,22,23). The van der Waals surface area contributed by atoms with Crippen LogP contribution in [0.2, 0.25) is 0 Å². The molecule has 0 bridgehead atoms. The van der Waals surface area contributed by atoms with E-state index >= 15 is 0 Å². The molecule has 9 nitrogen and oxygen atoms in total. The number of anilines is 1. The van der Waals surface area contributed by atoms with E-state index in [1.165, 1.54) is 6.92 Å². The lowest BCUT2D eigenvalue weighted by Gasteiger charge is -2.14. The molecule has 1 unspecified atom stereocenters. The predicted molar refractivity (Wildman–Crippen MR) is 89.2 cm³/mol. The van der Waals surface area contributed by atoms with Crippen molar-refractivity contribution in [3.05, 3.63) is 24.3 Å². The highest BCUT2D eigenvalue weighted by molar-refractivity contribution is 7.86. The van der Waals surface area contributed by atoms with Crippen molar-refractivity contribution in [3.8, 4) is 5.75 Å². The van der Waals surface area contributed by atoms with E-state index in [4.69, 9.17) is 16.2 Å². The maximum atomic E-state index is 11.7. The molecule has 1 atom stereocenters. The van der Waals surface area contributed by atoms with Gasteiger partial charge in [-0.05, 0) is 25.1 Å². The van der Waals surface area contributed by atoms with Crippen LogP contribution in [0.25, 0.3) is 10.8 Å². The van der Waals surface area contributed by atoms with E-state index in [2.05, 4.69) is 5.32 Å². The molecule has 1 amide bonds. The SMILES string of the molecule is CC(Cl)C(=O)Nc1ccc(S(=O)(=O)O)c2cc(S(=O)(=O)O)cc(O)c12. The highest BCUT2D eigenvalue weighted by atomic mass is 35.5. The number of aromatic hydroxyl groups is 1. The zero-order valence-corrected chi connectivity index (χ0v) is 14.9. The van der Waals surface area contributed by atoms with Gasteiger partial charge < -0.3 is 10.4 Å². The van der Waals surface area contributed by atoms with E-state index in [1.54, 1.807) is 0 Å². The van der Waals surface area contributed by atoms with E-state index in [9.17, 15) is 31.3 Å². The summed E-state index contributed by atoms with van der Waals surface area (Å²) in [6, 6.07) is 3.41. The molecule has 4 N–H and O–H groups in total. The lowest BCUT2D eigenvalue weighted by Crippen LogP contribution is -2.20. The molecule has 0 heterocycles. The maximum Gasteiger partial charge on any atom is 0.295 e. The van der Waals surface area contributed by atoms with E-state index in [0.717, 1.165) is 18.2 Å². The first kappa shape index (κ1) is 19.4. The lowest BCUT2D eigenvalue weighted by molar-refractivity contribution is -0.115. The Balaban J connectivity index is 2.91. The molecular weight excluding hydrogens is 398 g/mol. The first-order chi connectivity index (χ1) is 11.3. The number of nitrogens with one attached hydrogen (secondary N) is 1. The summed E-state index contributed by atoms with van der Waals surface area (Å²) in [7, 11) is -9.57. The highest BCUT2D eigenvalue weighted by Gasteiger charge is 2.23. The van der Waals surface area contributed by atoms with Crippen LogP contribution in [0.5, 0.6) is 5.75 Å². The first-order valence-corrected chi connectivity index (χ1v) is 9.83. The summed E-state index contributed by atoms with van der Waals surface area (Å²) in [4.78, 5) is 10.2. The minimum absolute atomic E-state index is 0.0701. The fourth-order valence-electron chi connectivity index (χ4n) is 2.12. The number of phenols is 1. The molecule has 0 aliphatic heterocycles. The number of carbonyl (C=O) groups excluding carboxylic acids is 1. The van der Waals surface area contributed by atoms with Crippen LogP contribution in [-0.4, -0.2) is 42.3 Å². The normalized spacial score (nSPS) is 13.6. The molecule has 2 aromatic carbocycles. The Morgan fingerprint density at radius 1 is 1.12 bits per heavy atom. The molecule has 0 spiro atoms. The van der Waals surface area contributed by atoms with Crippen LogP contribution in [0.4, 0.5) is 5.69 Å². The van der Waals surface area contributed by atoms with Crippen molar-refractivity contribution in [2.45, 2.75) is 22.1 Å². The zero-order valence-electron chi connectivity index (χ0n) is 12.5. The van der Waals surface area contributed by atoms with E-state index in [0.29, 0.717) is 6.07 Å². The molecule has 0 aliphatic rings. The Hall–Kier alpha value is -1.92. The third-order valence-corrected chi connectivity index (χ3v) is 5.16. The number of carbonyl (C=O) groups is 1. The van der Waals surface area contributed by atoms with Gasteiger partial charge in [0.2, 0.25) is 5.91 Å². The van der Waals surface area contributed by atoms with Crippen molar-refractivity contribution in [2.75, 3.05) is 5.32 Å². The number of alkyl halides is 1. The van der Waals surface area contributed by atoms with Crippen molar-refractivity contribution in [3.63, 3.8) is 0 Å². The average Bonchev–Trinajstić information content (AvgIpc) is 2.44. The first-order valence-electron chi connectivity index (χ1n) is 6.52. The van der Waals surface area contributed by atoms with Gasteiger partial charge in [0.25, 0.3) is 20.2 Å². The topological polar surface area (TPSA) is 158 Å². The monoisotopic (exact) mass is 409 g/mol. The molecule has 2 rings (SSSR count). The molecule has 0 fully saturated rings. The predicted octanol–water partition coefficient (Wildman–Crippen LogP) is 1.60. The van der Waals surface area contributed by atoms with Gasteiger partial charge in [0.05, 0.1) is 10.6 Å².